The third kappa shape index (κ3) is 5.43. The highest BCUT2D eigenvalue weighted by molar-refractivity contribution is 5.86. The lowest BCUT2D eigenvalue weighted by Crippen LogP contribution is -2.70. The molecule has 0 saturated heterocycles. The van der Waals surface area contributed by atoms with E-state index in [1.165, 1.54) is 26.3 Å². The van der Waals surface area contributed by atoms with Gasteiger partial charge in [-0.25, -0.2) is 9.87 Å². The zero-order chi connectivity index (χ0) is 23.9. The Morgan fingerprint density at radius 1 is 1.16 bits per heavy atom. The van der Waals surface area contributed by atoms with Gasteiger partial charge in [0.25, 0.3) is 5.91 Å². The van der Waals surface area contributed by atoms with Crippen LogP contribution in [0.3, 0.4) is 0 Å². The second-order valence-corrected chi connectivity index (χ2v) is 8.06. The summed E-state index contributed by atoms with van der Waals surface area (Å²) < 4.78 is 19.8. The molecule has 0 radical (unpaired) electrons. The highest BCUT2D eigenvalue weighted by Crippen LogP contribution is 2.31. The molecule has 0 aliphatic rings. The van der Waals surface area contributed by atoms with Crippen molar-refractivity contribution in [2.75, 3.05) is 13.7 Å². The number of ether oxygens (including phenoxy) is 1. The van der Waals surface area contributed by atoms with Gasteiger partial charge in [0.05, 0.1) is 7.11 Å². The van der Waals surface area contributed by atoms with E-state index in [4.69, 9.17) is 9.94 Å². The predicted octanol–water partition coefficient (Wildman–Crippen LogP) is 3.89. The number of amides is 1. The minimum Gasteiger partial charge on any atom is -0.497 e. The van der Waals surface area contributed by atoms with Crippen LogP contribution in [0.25, 0.3) is 17.2 Å². The molecule has 2 aromatic rings. The fourth-order valence-corrected chi connectivity index (χ4v) is 3.36. The van der Waals surface area contributed by atoms with Crippen LogP contribution in [0, 0.1) is 0 Å². The van der Waals surface area contributed by atoms with Crippen LogP contribution < -0.4 is 15.5 Å². The summed E-state index contributed by atoms with van der Waals surface area (Å²) in [5.74, 6) is -0.160. The van der Waals surface area contributed by atoms with Crippen LogP contribution in [-0.2, 0) is 4.79 Å². The predicted molar refractivity (Wildman–Crippen MR) is 124 cm³/mol. The van der Waals surface area contributed by atoms with Crippen molar-refractivity contribution in [2.45, 2.75) is 38.1 Å². The van der Waals surface area contributed by atoms with E-state index in [-0.39, 0.29) is 12.1 Å². The summed E-state index contributed by atoms with van der Waals surface area (Å²) in [4.78, 5) is 12.3. The maximum absolute atomic E-state index is 14.6. The molecule has 1 amide bonds. The molecular weight excluding hydrogens is 411 g/mol. The Balaban J connectivity index is 2.09. The van der Waals surface area contributed by atoms with Crippen LogP contribution in [0.5, 0.6) is 5.75 Å². The molecule has 6 nitrogen and oxygen atoms in total. The van der Waals surface area contributed by atoms with Gasteiger partial charge in [-0.3, -0.25) is 15.3 Å². The molecule has 0 aliphatic heterocycles. The van der Waals surface area contributed by atoms with Crippen LogP contribution in [-0.4, -0.2) is 47.2 Å². The summed E-state index contributed by atoms with van der Waals surface area (Å²) in [6, 6.07) is 15.6. The van der Waals surface area contributed by atoms with Crippen molar-refractivity contribution in [3.8, 4) is 16.9 Å². The smallest absolute Gasteiger partial charge is 0.266 e. The topological polar surface area (TPSA) is 90.8 Å². The second-order valence-electron chi connectivity index (χ2n) is 8.06. The molecule has 0 heterocycles. The van der Waals surface area contributed by atoms with Gasteiger partial charge in [0.2, 0.25) is 0 Å². The van der Waals surface area contributed by atoms with E-state index >= 15 is 0 Å². The van der Waals surface area contributed by atoms with E-state index in [2.05, 4.69) is 11.9 Å². The van der Waals surface area contributed by atoms with Gasteiger partial charge in [-0.05, 0) is 55.2 Å². The first-order chi connectivity index (χ1) is 15.1. The zero-order valence-corrected chi connectivity index (χ0v) is 18.9. The Labute approximate surface area is 188 Å². The summed E-state index contributed by atoms with van der Waals surface area (Å²) in [5.41, 5.74) is 0.649. The summed E-state index contributed by atoms with van der Waals surface area (Å²) in [5, 5.41) is 22.7. The van der Waals surface area contributed by atoms with E-state index in [0.717, 1.165) is 22.4 Å². The van der Waals surface area contributed by atoms with Crippen molar-refractivity contribution in [1.29, 1.82) is 0 Å². The fourth-order valence-electron chi connectivity index (χ4n) is 3.36. The molecule has 0 aliphatic carbocycles. The van der Waals surface area contributed by atoms with Gasteiger partial charge >= 0.3 is 0 Å². The lowest BCUT2D eigenvalue weighted by molar-refractivity contribution is -0.152. The van der Waals surface area contributed by atoms with E-state index in [1.54, 1.807) is 13.2 Å². The number of nitrogens with one attached hydrogen (secondary N) is 2. The molecule has 0 saturated carbocycles. The largest absolute Gasteiger partial charge is 0.497 e. The van der Waals surface area contributed by atoms with Gasteiger partial charge in [-0.15, -0.1) is 0 Å². The van der Waals surface area contributed by atoms with Gasteiger partial charge in [0, 0.05) is 6.54 Å². The first-order valence-corrected chi connectivity index (χ1v) is 10.2. The fraction of sp³-hybridized carbons (Fsp3) is 0.320. The van der Waals surface area contributed by atoms with E-state index in [9.17, 15) is 14.3 Å². The SMILES string of the molecule is C=C(C)C(F)C(C)(O)C(C)(NCC=Cc1ccc(-c2ccc(OC)cc2)cc1)C(=O)NO. The monoisotopic (exact) mass is 442 g/mol. The minimum atomic E-state index is -2.15. The number of aliphatic hydroxyl groups is 1. The Hall–Kier alpha value is -3.00. The Morgan fingerprint density at radius 3 is 2.16 bits per heavy atom. The summed E-state index contributed by atoms with van der Waals surface area (Å²) in [6.45, 7) is 7.60. The number of halogens is 1. The van der Waals surface area contributed by atoms with Crippen LogP contribution >= 0.6 is 0 Å². The van der Waals surface area contributed by atoms with Crippen LogP contribution in [0.4, 0.5) is 4.39 Å². The molecule has 4 N–H and O–H groups in total. The van der Waals surface area contributed by atoms with E-state index in [0.29, 0.717) is 0 Å². The summed E-state index contributed by atoms with van der Waals surface area (Å²) in [7, 11) is 1.63. The van der Waals surface area contributed by atoms with Crippen molar-refractivity contribution in [1.82, 2.24) is 10.8 Å². The molecule has 2 rings (SSSR count). The molecule has 0 fully saturated rings. The zero-order valence-electron chi connectivity index (χ0n) is 18.9. The molecular formula is C25H31FN2O4. The number of carbonyl (C=O) groups excluding carboxylic acids is 1. The van der Waals surface area contributed by atoms with Gasteiger partial charge in [0.15, 0.2) is 6.17 Å². The molecule has 3 atom stereocenters. The lowest BCUT2D eigenvalue weighted by atomic mass is 9.76. The Bertz CT molecular complexity index is 955. The number of benzene rings is 2. The maximum atomic E-state index is 14.6. The average Bonchev–Trinajstić information content (AvgIpc) is 2.80. The number of hydroxylamine groups is 1. The number of hydrogen-bond acceptors (Lipinski definition) is 5. The number of carbonyl (C=O) groups is 1. The Morgan fingerprint density at radius 2 is 1.69 bits per heavy atom. The standard InChI is InChI=1S/C25H31FN2O4/c1-17(2)22(26)25(4,30)24(3,23(29)28-31)27-16-6-7-18-8-10-19(11-9-18)20-12-14-21(32-5)15-13-20/h6-15,22,27,30-31H,1,16H2,2-5H3,(H,28,29). The normalized spacial score (nSPS) is 16.1. The molecule has 172 valence electrons. The van der Waals surface area contributed by atoms with Gasteiger partial charge in [-0.2, -0.15) is 0 Å². The van der Waals surface area contributed by atoms with E-state index in [1.807, 2.05) is 54.6 Å². The first kappa shape index (κ1) is 25.3. The van der Waals surface area contributed by atoms with Crippen molar-refractivity contribution in [3.05, 3.63) is 72.3 Å². The van der Waals surface area contributed by atoms with Gasteiger partial charge < -0.3 is 9.84 Å². The van der Waals surface area contributed by atoms with Crippen molar-refractivity contribution >= 4 is 12.0 Å². The van der Waals surface area contributed by atoms with Crippen molar-refractivity contribution in [3.63, 3.8) is 0 Å². The number of rotatable bonds is 10. The first-order valence-electron chi connectivity index (χ1n) is 10.2. The Kier molecular flexibility index (Phi) is 8.32. The molecule has 2 aromatic carbocycles. The summed E-state index contributed by atoms with van der Waals surface area (Å²) in [6.07, 6.45) is 1.70. The van der Waals surface area contributed by atoms with Crippen LogP contribution in [0.1, 0.15) is 26.3 Å². The number of methoxy groups -OCH3 is 1. The maximum Gasteiger partial charge on any atom is 0.266 e. The molecule has 0 spiro atoms. The molecule has 0 bridgehead atoms. The summed E-state index contributed by atoms with van der Waals surface area (Å²) >= 11 is 0. The molecule has 7 heteroatoms. The molecule has 0 aromatic heterocycles. The minimum absolute atomic E-state index is 0.0706. The molecule has 32 heavy (non-hydrogen) atoms. The quantitative estimate of drug-likeness (QED) is 0.255. The van der Waals surface area contributed by atoms with Gasteiger partial charge in [0.1, 0.15) is 16.9 Å². The number of alkyl halides is 1. The second kappa shape index (κ2) is 10.5. The average molecular weight is 443 g/mol. The van der Waals surface area contributed by atoms with Crippen molar-refractivity contribution in [2.24, 2.45) is 0 Å². The van der Waals surface area contributed by atoms with E-state index < -0.39 is 23.2 Å². The van der Waals surface area contributed by atoms with Crippen LogP contribution in [0.2, 0.25) is 0 Å². The number of hydrogen-bond donors (Lipinski definition) is 4. The van der Waals surface area contributed by atoms with Crippen molar-refractivity contribution < 1.29 is 24.2 Å². The lowest BCUT2D eigenvalue weighted by Gasteiger charge is -2.43. The van der Waals surface area contributed by atoms with Crippen LogP contribution in [0.15, 0.2) is 66.8 Å². The highest BCUT2D eigenvalue weighted by atomic mass is 19.1. The third-order valence-corrected chi connectivity index (χ3v) is 5.71. The third-order valence-electron chi connectivity index (χ3n) is 5.71. The molecule has 3 unspecified atom stereocenters. The highest BCUT2D eigenvalue weighted by Gasteiger charge is 2.54. The van der Waals surface area contributed by atoms with Gasteiger partial charge in [-0.1, -0.05) is 55.1 Å².